The molecule has 39 heavy (non-hydrogen) atoms. The molecule has 2 aromatic rings. The van der Waals surface area contributed by atoms with Gasteiger partial charge in [-0.1, -0.05) is 21.6 Å². The van der Waals surface area contributed by atoms with Gasteiger partial charge in [-0.25, -0.2) is 19.9 Å². The van der Waals surface area contributed by atoms with Crippen LogP contribution in [0.2, 0.25) is 0 Å². The minimum Gasteiger partial charge on any atom is -0.396 e. The number of anilines is 2. The maximum Gasteiger partial charge on any atom is 0.214 e. The number of hydrogen-bond acceptors (Lipinski definition) is 13. The van der Waals surface area contributed by atoms with Crippen molar-refractivity contribution in [3.05, 3.63) is 56.4 Å². The molecule has 0 fully saturated rings. The Labute approximate surface area is 234 Å². The smallest absolute Gasteiger partial charge is 0.214 e. The summed E-state index contributed by atoms with van der Waals surface area (Å²) >= 11 is 0. The number of carbonyl (C=O) groups is 3. The van der Waals surface area contributed by atoms with Crippen molar-refractivity contribution in [3.8, 4) is 0 Å². The molecule has 0 spiro atoms. The number of aldehydes is 1. The van der Waals surface area contributed by atoms with Gasteiger partial charge in [0.1, 0.15) is 23.3 Å². The Hall–Kier alpha value is -3.53. The molecule has 2 aromatic heterocycles. The minimum atomic E-state index is -0.284. The normalized spacial score (nSPS) is 12.3. The molecular weight excluding hydrogens is 544 g/mol. The molecule has 0 aliphatic heterocycles. The lowest BCUT2D eigenvalue weighted by atomic mass is 10.2. The number of rotatable bonds is 16. The predicted octanol–water partition coefficient (Wildman–Crippen LogP) is 1.45. The number of nitrogen functional groups attached to an aromatic ring is 2. The van der Waals surface area contributed by atoms with E-state index >= 15 is 0 Å². The van der Waals surface area contributed by atoms with Crippen molar-refractivity contribution in [2.45, 2.75) is 46.7 Å². The van der Waals surface area contributed by atoms with Crippen molar-refractivity contribution >= 4 is 52.3 Å². The topological polar surface area (TPSA) is 202 Å². The van der Waals surface area contributed by atoms with Gasteiger partial charge in [-0.2, -0.15) is 0 Å². The van der Waals surface area contributed by atoms with Crippen LogP contribution in [0.25, 0.3) is 0 Å². The molecule has 0 unspecified atom stereocenters. The van der Waals surface area contributed by atoms with Gasteiger partial charge in [0.15, 0.2) is 6.29 Å². The molecule has 2 amide bonds. The average Bonchev–Trinajstić information content (AvgIpc) is 2.91. The Balaban J connectivity index is 2.36. The van der Waals surface area contributed by atoms with E-state index in [4.69, 9.17) is 11.5 Å². The van der Waals surface area contributed by atoms with Crippen LogP contribution in [0.4, 0.5) is 11.6 Å². The van der Waals surface area contributed by atoms with E-state index < -0.39 is 0 Å². The number of aliphatic hydroxyl groups excluding tert-OH is 2. The molecule has 15 heteroatoms. The molecule has 0 aliphatic rings. The fraction of sp³-hybridized carbons (Fsp3) is 0.375. The fourth-order valence-electron chi connectivity index (χ4n) is 3.30. The average molecular weight is 577 g/mol. The summed E-state index contributed by atoms with van der Waals surface area (Å²) in [5.41, 5.74) is 13.5. The van der Waals surface area contributed by atoms with Crippen LogP contribution in [-0.2, 0) is 27.5 Å². The molecule has 0 radical (unpaired) electrons. The van der Waals surface area contributed by atoms with Crippen LogP contribution in [0.15, 0.2) is 33.6 Å². The number of aliphatic hydroxyl groups is 2. The second-order valence-electron chi connectivity index (χ2n) is 8.17. The van der Waals surface area contributed by atoms with Crippen molar-refractivity contribution in [2.75, 3.05) is 24.7 Å². The number of hydrogen-bond donors (Lipinski definition) is 4. The second kappa shape index (κ2) is 15.8. The lowest BCUT2D eigenvalue weighted by Crippen LogP contribution is -2.24. The summed E-state index contributed by atoms with van der Waals surface area (Å²) in [5, 5.41) is 19.3. The van der Waals surface area contributed by atoms with Gasteiger partial charge in [-0.15, -0.1) is 0 Å². The third-order valence-corrected chi connectivity index (χ3v) is 8.29. The highest BCUT2D eigenvalue weighted by atomic mass is 33.1. The first kappa shape index (κ1) is 31.7. The number of carbonyl (C=O) groups excluding carboxylic acids is 3. The molecule has 0 atom stereocenters. The van der Waals surface area contributed by atoms with Crippen molar-refractivity contribution in [3.63, 3.8) is 0 Å². The summed E-state index contributed by atoms with van der Waals surface area (Å²) in [7, 11) is 2.34. The molecule has 6 N–H and O–H groups in total. The Kier molecular flexibility index (Phi) is 12.8. The van der Waals surface area contributed by atoms with E-state index in [0.717, 1.165) is 15.7 Å². The minimum absolute atomic E-state index is 0.0364. The first-order valence-corrected chi connectivity index (χ1v) is 13.9. The van der Waals surface area contributed by atoms with Crippen LogP contribution >= 0.6 is 21.6 Å². The SMILES string of the molecule is C/C(=C(/CCO)SS/C(CCO)=C(/C=O)N(C=O)Cc1cnc(C)nc1N)N(C=O)Cc1cnc(C)nc1N. The zero-order chi connectivity index (χ0) is 28.9. The van der Waals surface area contributed by atoms with E-state index in [-0.39, 0.29) is 56.5 Å². The van der Waals surface area contributed by atoms with Gasteiger partial charge >= 0.3 is 0 Å². The van der Waals surface area contributed by atoms with Gasteiger partial charge in [0.2, 0.25) is 12.8 Å². The summed E-state index contributed by atoms with van der Waals surface area (Å²) in [4.78, 5) is 56.1. The lowest BCUT2D eigenvalue weighted by molar-refractivity contribution is -0.119. The van der Waals surface area contributed by atoms with Crippen molar-refractivity contribution in [1.82, 2.24) is 29.7 Å². The Morgan fingerprint density at radius 2 is 1.31 bits per heavy atom. The highest BCUT2D eigenvalue weighted by Crippen LogP contribution is 2.42. The van der Waals surface area contributed by atoms with Gasteiger partial charge in [-0.3, -0.25) is 14.4 Å². The van der Waals surface area contributed by atoms with E-state index in [2.05, 4.69) is 19.9 Å². The van der Waals surface area contributed by atoms with Gasteiger partial charge in [0, 0.05) is 65.1 Å². The Morgan fingerprint density at radius 1 is 0.846 bits per heavy atom. The van der Waals surface area contributed by atoms with Crippen molar-refractivity contribution in [1.29, 1.82) is 0 Å². The van der Waals surface area contributed by atoms with Gasteiger partial charge in [0.25, 0.3) is 0 Å². The quantitative estimate of drug-likeness (QED) is 0.127. The van der Waals surface area contributed by atoms with E-state index in [0.29, 0.717) is 57.4 Å². The number of aromatic nitrogens is 4. The summed E-state index contributed by atoms with van der Waals surface area (Å²) in [6.07, 6.45) is 4.98. The number of aryl methyl sites for hydroxylation is 2. The van der Waals surface area contributed by atoms with E-state index in [9.17, 15) is 24.6 Å². The van der Waals surface area contributed by atoms with Crippen LogP contribution in [0.3, 0.4) is 0 Å². The lowest BCUT2D eigenvalue weighted by Gasteiger charge is -2.23. The van der Waals surface area contributed by atoms with E-state index in [1.165, 1.54) is 21.9 Å². The third-order valence-electron chi connectivity index (χ3n) is 5.43. The Bertz CT molecular complexity index is 1240. The number of amides is 2. The molecular formula is C24H32N8O5S2. The summed E-state index contributed by atoms with van der Waals surface area (Å²) in [5.74, 6) is 1.41. The number of allylic oxidation sites excluding steroid dienone is 2. The highest BCUT2D eigenvalue weighted by Gasteiger charge is 2.20. The molecule has 0 aliphatic carbocycles. The fourth-order valence-corrected chi connectivity index (χ4v) is 6.06. The van der Waals surface area contributed by atoms with Gasteiger partial charge < -0.3 is 31.5 Å². The maximum atomic E-state index is 12.1. The van der Waals surface area contributed by atoms with Gasteiger partial charge in [-0.05, 0) is 20.8 Å². The maximum absolute atomic E-state index is 12.1. The standard InChI is InChI=1S/C24H32N8O5S2/c1-15(31(13-36)10-18-8-27-16(2)29-23(18)25)21(4-6-33)38-39-22(5-7-34)20(12-35)32(14-37)11-19-9-28-17(3)30-24(19)26/h8-9,12-14,33-34H,4-7,10-11H2,1-3H3,(H2,25,27,29)(H2,26,28,30)/b21-15+,22-20-. The zero-order valence-corrected chi connectivity index (χ0v) is 23.5. The largest absolute Gasteiger partial charge is 0.396 e. The zero-order valence-electron chi connectivity index (χ0n) is 21.9. The first-order chi connectivity index (χ1) is 18.7. The van der Waals surface area contributed by atoms with E-state index in [1.54, 1.807) is 27.0 Å². The van der Waals surface area contributed by atoms with Crippen molar-refractivity contribution in [2.24, 2.45) is 0 Å². The molecule has 2 heterocycles. The first-order valence-electron chi connectivity index (χ1n) is 11.7. The molecule has 0 saturated heterocycles. The Morgan fingerprint density at radius 3 is 1.74 bits per heavy atom. The van der Waals surface area contributed by atoms with Crippen LogP contribution in [0, 0.1) is 13.8 Å². The van der Waals surface area contributed by atoms with Crippen LogP contribution < -0.4 is 11.5 Å². The van der Waals surface area contributed by atoms with Crippen molar-refractivity contribution < 1.29 is 24.6 Å². The third kappa shape index (κ3) is 9.02. The monoisotopic (exact) mass is 576 g/mol. The molecule has 13 nitrogen and oxygen atoms in total. The summed E-state index contributed by atoms with van der Waals surface area (Å²) < 4.78 is 0. The van der Waals surface area contributed by atoms with Crippen LogP contribution in [0.1, 0.15) is 42.5 Å². The second-order valence-corrected chi connectivity index (χ2v) is 10.5. The number of nitrogens with two attached hydrogens (primary N) is 2. The number of nitrogens with zero attached hydrogens (tertiary/aromatic N) is 6. The van der Waals surface area contributed by atoms with Crippen LogP contribution in [-0.4, -0.2) is 72.3 Å². The van der Waals surface area contributed by atoms with E-state index in [1.807, 2.05) is 0 Å². The molecule has 0 saturated carbocycles. The predicted molar refractivity (Wildman–Crippen MR) is 150 cm³/mol. The van der Waals surface area contributed by atoms with Gasteiger partial charge in [0.05, 0.1) is 18.8 Å². The molecule has 210 valence electrons. The highest BCUT2D eigenvalue weighted by molar-refractivity contribution is 8.79. The molecule has 0 bridgehead atoms. The molecule has 2 rings (SSSR count). The van der Waals surface area contributed by atoms with Crippen LogP contribution in [0.5, 0.6) is 0 Å². The molecule has 0 aromatic carbocycles. The summed E-state index contributed by atoms with van der Waals surface area (Å²) in [6.45, 7) is 4.67. The summed E-state index contributed by atoms with van der Waals surface area (Å²) in [6, 6.07) is 0.